The van der Waals surface area contributed by atoms with Gasteiger partial charge in [-0.15, -0.1) is 0 Å². The molecule has 1 N–H and O–H groups in total. The third kappa shape index (κ3) is 2.33. The Morgan fingerprint density at radius 2 is 2.05 bits per heavy atom. The Kier molecular flexibility index (Phi) is 3.66. The second kappa shape index (κ2) is 5.28. The Labute approximate surface area is 117 Å². The lowest BCUT2D eigenvalue weighted by Crippen LogP contribution is -2.40. The third-order valence-electron chi connectivity index (χ3n) is 5.52. The molecule has 104 valence electrons. The molecule has 1 aromatic rings. The van der Waals surface area contributed by atoms with Gasteiger partial charge < -0.3 is 5.11 Å². The highest BCUT2D eigenvalue weighted by Crippen LogP contribution is 2.47. The molecular weight excluding hydrogens is 232 g/mol. The van der Waals surface area contributed by atoms with Gasteiger partial charge in [0, 0.05) is 0 Å². The predicted octanol–water partition coefficient (Wildman–Crippen LogP) is 4.43. The first-order chi connectivity index (χ1) is 9.24. The van der Waals surface area contributed by atoms with Gasteiger partial charge in [0.25, 0.3) is 0 Å². The van der Waals surface area contributed by atoms with E-state index in [4.69, 9.17) is 0 Å². The van der Waals surface area contributed by atoms with Crippen molar-refractivity contribution in [1.82, 2.24) is 0 Å². The Bertz CT molecular complexity index is 439. The van der Waals surface area contributed by atoms with Crippen molar-refractivity contribution in [2.24, 2.45) is 11.8 Å². The average Bonchev–Trinajstić information content (AvgIpc) is 2.48. The quantitative estimate of drug-likeness (QED) is 0.832. The van der Waals surface area contributed by atoms with Crippen molar-refractivity contribution in [2.45, 2.75) is 63.9 Å². The highest BCUT2D eigenvalue weighted by atomic mass is 16.3. The summed E-state index contributed by atoms with van der Waals surface area (Å²) in [5, 5.41) is 11.4. The highest BCUT2D eigenvalue weighted by Gasteiger charge is 2.42. The molecule has 0 saturated heterocycles. The molecule has 2 aliphatic carbocycles. The van der Waals surface area contributed by atoms with Crippen molar-refractivity contribution < 1.29 is 5.11 Å². The number of aryl methyl sites for hydroxylation is 1. The number of benzene rings is 1. The van der Waals surface area contributed by atoms with Crippen LogP contribution in [0.3, 0.4) is 0 Å². The van der Waals surface area contributed by atoms with Crippen LogP contribution in [0.15, 0.2) is 24.3 Å². The first-order valence-corrected chi connectivity index (χ1v) is 8.05. The molecule has 1 heteroatoms. The smallest absolute Gasteiger partial charge is 0.0927 e. The van der Waals surface area contributed by atoms with Gasteiger partial charge in [0.15, 0.2) is 0 Å². The van der Waals surface area contributed by atoms with Gasteiger partial charge in [-0.1, -0.05) is 50.5 Å². The number of rotatable bonds is 2. The molecular formula is C18H26O. The zero-order valence-corrected chi connectivity index (χ0v) is 12.1. The first-order valence-electron chi connectivity index (χ1n) is 8.05. The van der Waals surface area contributed by atoms with Crippen LogP contribution >= 0.6 is 0 Å². The number of hydrogen-bond acceptors (Lipinski definition) is 1. The van der Waals surface area contributed by atoms with Gasteiger partial charge >= 0.3 is 0 Å². The zero-order chi connectivity index (χ0) is 13.3. The fourth-order valence-corrected chi connectivity index (χ4v) is 4.36. The van der Waals surface area contributed by atoms with E-state index < -0.39 is 5.60 Å². The molecule has 0 heterocycles. The molecule has 1 fully saturated rings. The van der Waals surface area contributed by atoms with E-state index in [1.807, 2.05) is 0 Å². The maximum Gasteiger partial charge on any atom is 0.0927 e. The Balaban J connectivity index is 1.91. The van der Waals surface area contributed by atoms with Crippen molar-refractivity contribution in [3.8, 4) is 0 Å². The largest absolute Gasteiger partial charge is 0.385 e. The maximum absolute atomic E-state index is 11.4. The molecule has 0 aliphatic heterocycles. The third-order valence-corrected chi connectivity index (χ3v) is 5.52. The summed E-state index contributed by atoms with van der Waals surface area (Å²) in [5.74, 6) is 1.31. The van der Waals surface area contributed by atoms with Crippen LogP contribution in [-0.2, 0) is 12.0 Å². The second-order valence-electron chi connectivity index (χ2n) is 6.57. The fraction of sp³-hybridized carbons (Fsp3) is 0.667. The molecule has 0 bridgehead atoms. The molecule has 1 nitrogen and oxygen atoms in total. The van der Waals surface area contributed by atoms with Crippen molar-refractivity contribution >= 4 is 0 Å². The van der Waals surface area contributed by atoms with E-state index in [0.717, 1.165) is 25.2 Å². The zero-order valence-electron chi connectivity index (χ0n) is 12.1. The summed E-state index contributed by atoms with van der Waals surface area (Å²) in [6.07, 6.45) is 9.61. The van der Waals surface area contributed by atoms with Gasteiger partial charge in [-0.25, -0.2) is 0 Å². The molecule has 0 spiro atoms. The Morgan fingerprint density at radius 3 is 2.89 bits per heavy atom. The topological polar surface area (TPSA) is 20.2 Å². The van der Waals surface area contributed by atoms with Crippen LogP contribution < -0.4 is 0 Å². The van der Waals surface area contributed by atoms with E-state index in [1.54, 1.807) is 0 Å². The van der Waals surface area contributed by atoms with E-state index >= 15 is 0 Å². The van der Waals surface area contributed by atoms with Gasteiger partial charge in [0.2, 0.25) is 0 Å². The second-order valence-corrected chi connectivity index (χ2v) is 6.57. The molecule has 0 aromatic heterocycles. The minimum atomic E-state index is -0.539. The number of aliphatic hydroxyl groups is 1. The fourth-order valence-electron chi connectivity index (χ4n) is 4.36. The van der Waals surface area contributed by atoms with Crippen LogP contribution in [0, 0.1) is 11.8 Å². The molecule has 3 unspecified atom stereocenters. The van der Waals surface area contributed by atoms with E-state index in [9.17, 15) is 5.11 Å². The SMILES string of the molecule is CCC1CCCC(C2(O)CCCc3ccccc32)C1. The standard InChI is InChI=1S/C18H26O/c1-2-14-7-5-10-16(13-14)18(19)12-6-9-15-8-3-4-11-17(15)18/h3-4,8,11,14,16,19H,2,5-7,9-10,12-13H2,1H3. The van der Waals surface area contributed by atoms with E-state index in [-0.39, 0.29) is 0 Å². The lowest BCUT2D eigenvalue weighted by Gasteiger charge is -2.44. The summed E-state index contributed by atoms with van der Waals surface area (Å²) in [4.78, 5) is 0. The summed E-state index contributed by atoms with van der Waals surface area (Å²) in [6.45, 7) is 2.30. The van der Waals surface area contributed by atoms with Gasteiger partial charge in [0.1, 0.15) is 0 Å². The minimum absolute atomic E-state index is 0.479. The van der Waals surface area contributed by atoms with Crippen molar-refractivity contribution in [2.75, 3.05) is 0 Å². The average molecular weight is 258 g/mol. The Morgan fingerprint density at radius 1 is 1.21 bits per heavy atom. The van der Waals surface area contributed by atoms with E-state index in [2.05, 4.69) is 31.2 Å². The summed E-state index contributed by atoms with van der Waals surface area (Å²) in [6, 6.07) is 8.58. The molecule has 2 aliphatic rings. The maximum atomic E-state index is 11.4. The summed E-state index contributed by atoms with van der Waals surface area (Å²) < 4.78 is 0. The van der Waals surface area contributed by atoms with Crippen LogP contribution in [0.5, 0.6) is 0 Å². The lowest BCUT2D eigenvalue weighted by molar-refractivity contribution is -0.0606. The molecule has 19 heavy (non-hydrogen) atoms. The lowest BCUT2D eigenvalue weighted by atomic mass is 9.65. The van der Waals surface area contributed by atoms with Gasteiger partial charge in [-0.2, -0.15) is 0 Å². The van der Waals surface area contributed by atoms with Crippen molar-refractivity contribution in [1.29, 1.82) is 0 Å². The summed E-state index contributed by atoms with van der Waals surface area (Å²) in [7, 11) is 0. The van der Waals surface area contributed by atoms with E-state index in [0.29, 0.717) is 5.92 Å². The predicted molar refractivity (Wildman–Crippen MR) is 79.0 cm³/mol. The van der Waals surface area contributed by atoms with Crippen LogP contribution in [0.2, 0.25) is 0 Å². The van der Waals surface area contributed by atoms with Crippen molar-refractivity contribution in [3.63, 3.8) is 0 Å². The molecule has 1 saturated carbocycles. The van der Waals surface area contributed by atoms with Crippen LogP contribution in [0.1, 0.15) is 63.0 Å². The number of hydrogen-bond donors (Lipinski definition) is 1. The van der Waals surface area contributed by atoms with Gasteiger partial charge in [-0.05, 0) is 55.1 Å². The van der Waals surface area contributed by atoms with Crippen molar-refractivity contribution in [3.05, 3.63) is 35.4 Å². The molecule has 3 atom stereocenters. The molecule has 3 rings (SSSR count). The Hall–Kier alpha value is -0.820. The monoisotopic (exact) mass is 258 g/mol. The highest BCUT2D eigenvalue weighted by molar-refractivity contribution is 5.35. The van der Waals surface area contributed by atoms with E-state index in [1.165, 1.54) is 43.2 Å². The molecule has 0 radical (unpaired) electrons. The molecule has 0 amide bonds. The summed E-state index contributed by atoms with van der Waals surface area (Å²) >= 11 is 0. The van der Waals surface area contributed by atoms with Gasteiger partial charge in [-0.3, -0.25) is 0 Å². The minimum Gasteiger partial charge on any atom is -0.385 e. The molecule has 1 aromatic carbocycles. The van der Waals surface area contributed by atoms with Crippen LogP contribution in [0.25, 0.3) is 0 Å². The first kappa shape index (κ1) is 13.2. The van der Waals surface area contributed by atoms with Gasteiger partial charge in [0.05, 0.1) is 5.60 Å². The summed E-state index contributed by atoms with van der Waals surface area (Å²) in [5.41, 5.74) is 2.08. The van der Waals surface area contributed by atoms with Crippen LogP contribution in [0.4, 0.5) is 0 Å². The van der Waals surface area contributed by atoms with Crippen LogP contribution in [-0.4, -0.2) is 5.11 Å². The normalized spacial score (nSPS) is 34.8. The number of fused-ring (bicyclic) bond motifs is 1.